The summed E-state index contributed by atoms with van der Waals surface area (Å²) in [5, 5.41) is 36.0. The monoisotopic (exact) mass is 888 g/mol. The Balaban J connectivity index is 1.47. The number of nitrogen functional groups attached to an aromatic ring is 1. The number of amides is 2. The Bertz CT molecular complexity index is 1930. The summed E-state index contributed by atoms with van der Waals surface area (Å²) in [4.78, 5) is 106. The Hall–Kier alpha value is -3.23. The molecule has 1 aliphatic rings. The van der Waals surface area contributed by atoms with Crippen LogP contribution in [0.1, 0.15) is 39.3 Å². The Morgan fingerprint density at radius 1 is 1.07 bits per heavy atom. The van der Waals surface area contributed by atoms with Crippen molar-refractivity contribution in [1.29, 1.82) is 0 Å². The van der Waals surface area contributed by atoms with Gasteiger partial charge < -0.3 is 78.9 Å². The minimum Gasteiger partial charge on any atom is -0.790 e. The number of carbonyl (C=O) groups is 4. The first kappa shape index (κ1) is 48.1. The summed E-state index contributed by atoms with van der Waals surface area (Å²) >= 11 is 0.868. The van der Waals surface area contributed by atoms with Crippen molar-refractivity contribution in [2.45, 2.75) is 63.8 Å². The van der Waals surface area contributed by atoms with Crippen LogP contribution in [0.3, 0.4) is 0 Å². The maximum absolute atomic E-state index is 12.5. The fourth-order valence-electron chi connectivity index (χ4n) is 4.69. The number of anilines is 1. The number of rotatable bonds is 23. The summed E-state index contributed by atoms with van der Waals surface area (Å²) in [6.07, 6.45) is -5.29. The summed E-state index contributed by atoms with van der Waals surface area (Å²) in [7, 11) is -17.6. The second-order valence-corrected chi connectivity index (χ2v) is 17.6. The highest BCUT2D eigenvalue weighted by molar-refractivity contribution is 8.14. The molecule has 26 nitrogen and oxygen atoms in total. The largest absolute Gasteiger partial charge is 0.790 e. The zero-order valence-electron chi connectivity index (χ0n) is 29.8. The number of phosphoric acid groups is 3. The number of ether oxygens (including phenoxy) is 1. The first-order chi connectivity index (χ1) is 26.4. The zero-order valence-corrected chi connectivity index (χ0v) is 33.3. The molecule has 2 amide bonds. The van der Waals surface area contributed by atoms with E-state index >= 15 is 0 Å². The van der Waals surface area contributed by atoms with Gasteiger partial charge in [0.25, 0.3) is 15.6 Å². The molecular weight excluding hydrogens is 851 g/mol. The molecule has 3 rings (SSSR count). The number of hydrogen-bond acceptors (Lipinski definition) is 24. The Labute approximate surface area is 327 Å². The number of aliphatic hydroxyl groups is 2. The van der Waals surface area contributed by atoms with Gasteiger partial charge in [0, 0.05) is 36.6 Å². The number of nitrogens with zero attached hydrogens (tertiary/aromatic N) is 4. The number of nitrogens with one attached hydrogen (secondary N) is 2. The molecule has 0 bridgehead atoms. The molecule has 2 aromatic rings. The second kappa shape index (κ2) is 20.6. The average molecular weight is 889 g/mol. The first-order valence-electron chi connectivity index (χ1n) is 16.3. The third-order valence-electron chi connectivity index (χ3n) is 7.49. The number of carboxylic acids is 1. The number of phosphoric ester groups is 3. The maximum atomic E-state index is 12.5. The van der Waals surface area contributed by atoms with E-state index in [1.54, 1.807) is 0 Å². The lowest BCUT2D eigenvalue weighted by atomic mass is 9.87. The molecule has 0 aromatic carbocycles. The lowest BCUT2D eigenvalue weighted by Crippen LogP contribution is -2.46. The topological polar surface area (TPSA) is 415 Å². The Kier molecular flexibility index (Phi) is 17.4. The van der Waals surface area contributed by atoms with Gasteiger partial charge in [-0.2, -0.15) is 0 Å². The van der Waals surface area contributed by atoms with E-state index in [9.17, 15) is 67.8 Å². The molecule has 7 atom stereocenters. The summed E-state index contributed by atoms with van der Waals surface area (Å²) in [5.41, 5.74) is 4.00. The van der Waals surface area contributed by atoms with Gasteiger partial charge in [-0.15, -0.1) is 0 Å². The van der Waals surface area contributed by atoms with Crippen LogP contribution in [0.5, 0.6) is 0 Å². The summed E-state index contributed by atoms with van der Waals surface area (Å²) < 4.78 is 60.3. The Morgan fingerprint density at radius 3 is 2.42 bits per heavy atom. The van der Waals surface area contributed by atoms with E-state index < -0.39 is 90.5 Å². The average Bonchev–Trinajstić information content (AvgIpc) is 3.66. The van der Waals surface area contributed by atoms with Crippen molar-refractivity contribution in [3.8, 4) is 0 Å². The van der Waals surface area contributed by atoms with Crippen LogP contribution in [0.25, 0.3) is 11.2 Å². The van der Waals surface area contributed by atoms with Crippen molar-refractivity contribution in [3.05, 3.63) is 24.8 Å². The molecule has 3 heterocycles. The van der Waals surface area contributed by atoms with E-state index in [1.807, 2.05) is 0 Å². The number of carboxylic acid groups (broad SMARTS) is 1. The van der Waals surface area contributed by atoms with Crippen LogP contribution in [-0.4, -0.2) is 109 Å². The lowest BCUT2D eigenvalue weighted by molar-refractivity contribution is -0.347. The van der Waals surface area contributed by atoms with Gasteiger partial charge in [0.1, 0.15) is 36.3 Å². The van der Waals surface area contributed by atoms with Crippen LogP contribution < -0.4 is 41.0 Å². The van der Waals surface area contributed by atoms with Gasteiger partial charge in [-0.3, -0.25) is 28.1 Å². The molecule has 1 saturated heterocycles. The van der Waals surface area contributed by atoms with Gasteiger partial charge in [-0.1, -0.05) is 31.7 Å². The van der Waals surface area contributed by atoms with Crippen LogP contribution in [0.15, 0.2) is 24.8 Å². The molecule has 0 saturated carbocycles. The number of carbonyl (C=O) groups excluding carboxylic acids is 4. The summed E-state index contributed by atoms with van der Waals surface area (Å²) in [5.74, 6) is -2.73. The lowest BCUT2D eigenvalue weighted by Gasteiger charge is -2.36. The van der Waals surface area contributed by atoms with Crippen LogP contribution >= 0.6 is 35.2 Å². The molecule has 1 fully saturated rings. The molecule has 2 unspecified atom stereocenters. The third-order valence-corrected chi connectivity index (χ3v) is 11.3. The second-order valence-electron chi connectivity index (χ2n) is 12.5. The van der Waals surface area contributed by atoms with E-state index in [0.29, 0.717) is 0 Å². The van der Waals surface area contributed by atoms with Crippen molar-refractivity contribution in [2.24, 2.45) is 5.41 Å². The minimum atomic E-state index is -5.93. The first-order valence-corrected chi connectivity index (χ1v) is 21.6. The van der Waals surface area contributed by atoms with Gasteiger partial charge in [0.05, 0.1) is 27.4 Å². The highest BCUT2D eigenvalue weighted by atomic mass is 32.2. The van der Waals surface area contributed by atoms with Crippen molar-refractivity contribution >= 4 is 75.1 Å². The highest BCUT2D eigenvalue weighted by Gasteiger charge is 2.47. The van der Waals surface area contributed by atoms with E-state index in [2.05, 4.69) is 43.5 Å². The van der Waals surface area contributed by atoms with Crippen LogP contribution in [0, 0.1) is 5.41 Å². The van der Waals surface area contributed by atoms with Crippen molar-refractivity contribution < 1.29 is 90.4 Å². The SMILES string of the molecule is CC(C)(COP(=O)([O-])OP(=O)([O-])OC[C@H]1O[C@@H](n2cnc3c(N)ncnc32)[C@H](O)[C@@H]1OP(=O)([O-])[O-])[C@@H](O)C(=O)NCCC(=O)NCCSC(=O)/C=C/CCC(=O)[O-]. The van der Waals surface area contributed by atoms with E-state index in [-0.39, 0.29) is 60.2 Å². The number of thioether (sulfide) groups is 1. The molecule has 1 aliphatic heterocycles. The number of aromatic nitrogens is 4. The molecule has 57 heavy (non-hydrogen) atoms. The number of allylic oxidation sites excluding steroid dienone is 1. The number of nitrogens with two attached hydrogens (primary N) is 1. The molecule has 0 radical (unpaired) electrons. The van der Waals surface area contributed by atoms with Crippen LogP contribution in [-0.2, 0) is 55.5 Å². The summed E-state index contributed by atoms with van der Waals surface area (Å²) in [6.45, 7) is -0.168. The van der Waals surface area contributed by atoms with Gasteiger partial charge in [-0.05, 0) is 18.9 Å². The quantitative estimate of drug-likeness (QED) is 0.0397. The van der Waals surface area contributed by atoms with Crippen molar-refractivity contribution in [3.63, 3.8) is 0 Å². The Morgan fingerprint density at radius 2 is 1.75 bits per heavy atom. The molecule has 2 aromatic heterocycles. The third kappa shape index (κ3) is 15.5. The number of hydrogen-bond donors (Lipinski definition) is 5. The molecule has 6 N–H and O–H groups in total. The molecule has 320 valence electrons. The minimum absolute atomic E-state index is 0.0323. The normalized spacial score (nSPS) is 21.5. The van der Waals surface area contributed by atoms with Crippen LogP contribution in [0.4, 0.5) is 5.82 Å². The molecule has 0 spiro atoms. The van der Waals surface area contributed by atoms with Gasteiger partial charge in [0.15, 0.2) is 17.7 Å². The van der Waals surface area contributed by atoms with Crippen molar-refractivity contribution in [2.75, 3.05) is 37.8 Å². The standard InChI is InChI=1S/C27H42N7O19P3S/c1-27(2,22(40)25(41)30-8-7-16(35)29-9-10-57-18(38)6-4-3-5-17(36)37)12-50-56(47,48)53-55(45,46)49-11-15-21(52-54(42,43)44)20(39)26(51-15)34-14-33-19-23(28)31-13-32-24(19)34/h4,6,13-15,20-22,26,39-40H,3,5,7-12H2,1-2H3,(H,29,35)(H,30,41)(H,36,37)(H,45,46)(H,47,48)(H2,28,31,32)(H2,42,43,44)/p-5/b6-4+/t15-,20-,21-,22+,26-/m1/s1. The number of aliphatic carboxylic acids is 1. The maximum Gasteiger partial charge on any atom is 0.274 e. The van der Waals surface area contributed by atoms with Gasteiger partial charge in [-0.25, -0.2) is 19.3 Å². The van der Waals surface area contributed by atoms with Gasteiger partial charge in [0.2, 0.25) is 16.9 Å². The molecular formula is C27H37N7O19P3S-5. The van der Waals surface area contributed by atoms with Crippen LogP contribution in [0.2, 0.25) is 0 Å². The van der Waals surface area contributed by atoms with Crippen molar-refractivity contribution in [1.82, 2.24) is 30.2 Å². The molecule has 30 heteroatoms. The highest BCUT2D eigenvalue weighted by Crippen LogP contribution is 2.56. The predicted octanol–water partition coefficient (Wildman–Crippen LogP) is -4.78. The predicted molar refractivity (Wildman–Crippen MR) is 182 cm³/mol. The number of fused-ring (bicyclic) bond motifs is 1. The smallest absolute Gasteiger partial charge is 0.274 e. The van der Waals surface area contributed by atoms with E-state index in [0.717, 1.165) is 29.0 Å². The van der Waals surface area contributed by atoms with E-state index in [4.69, 9.17) is 10.5 Å². The van der Waals surface area contributed by atoms with Gasteiger partial charge >= 0.3 is 0 Å². The molecule has 0 aliphatic carbocycles. The summed E-state index contributed by atoms with van der Waals surface area (Å²) in [6, 6.07) is 0. The fourth-order valence-corrected chi connectivity index (χ4v) is 8.02. The zero-order chi connectivity index (χ0) is 42.8. The van der Waals surface area contributed by atoms with E-state index in [1.165, 1.54) is 26.0 Å². The number of aliphatic hydroxyl groups excluding tert-OH is 2. The number of imidazole rings is 1. The fraction of sp³-hybridized carbons (Fsp3) is 0.593.